The molecule has 0 bridgehead atoms. The van der Waals surface area contributed by atoms with E-state index in [4.69, 9.17) is 0 Å². The third-order valence-corrected chi connectivity index (χ3v) is 11.2. The van der Waals surface area contributed by atoms with Crippen molar-refractivity contribution in [3.63, 3.8) is 0 Å². The van der Waals surface area contributed by atoms with E-state index in [9.17, 15) is 10.2 Å². The van der Waals surface area contributed by atoms with Crippen LogP contribution in [0.3, 0.4) is 0 Å². The number of anilines is 2. The molecule has 0 spiro atoms. The lowest BCUT2D eigenvalue weighted by molar-refractivity contribution is -0.0781. The smallest absolute Gasteiger partial charge is 0.261 e. The van der Waals surface area contributed by atoms with Crippen molar-refractivity contribution in [2.75, 3.05) is 9.62 Å². The third kappa shape index (κ3) is 4.27. The largest absolute Gasteiger partial charge is 0.411 e. The minimum Gasteiger partial charge on any atom is -0.411 e. The molecule has 44 heavy (non-hydrogen) atoms. The molecule has 0 atom stereocenters. The molecular weight excluding hydrogens is 538 g/mol. The van der Waals surface area contributed by atoms with E-state index < -0.39 is 12.2 Å². The van der Waals surface area contributed by atoms with Crippen LogP contribution in [-0.2, 0) is 12.6 Å². The fourth-order valence-electron chi connectivity index (χ4n) is 9.15. The summed E-state index contributed by atoms with van der Waals surface area (Å²) in [7, 11) is 0. The zero-order valence-corrected chi connectivity index (χ0v) is 27.8. The number of hydrogen-bond donors (Lipinski definition) is 2. The van der Waals surface area contributed by atoms with Crippen molar-refractivity contribution in [3.05, 3.63) is 82.9 Å². The quantitative estimate of drug-likeness (QED) is 0.225. The number of aliphatic hydroxyl groups is 2. The SMILES string of the molecule is CC(C)B1Cc2cccc3ccc(C4C(O)C(c5ccc6cccc7c6c5N(C(C)C)B(C(C)C)C7)C4O)c(c23)N1C(C)C. The van der Waals surface area contributed by atoms with Crippen LogP contribution in [0.4, 0.5) is 11.4 Å². The Kier molecular flexibility index (Phi) is 7.33. The Balaban J connectivity index is 1.37. The van der Waals surface area contributed by atoms with E-state index in [0.717, 1.165) is 23.8 Å². The molecule has 2 aliphatic heterocycles. The van der Waals surface area contributed by atoms with Crippen LogP contribution in [0, 0.1) is 0 Å². The second-order valence-electron chi connectivity index (χ2n) is 15.1. The molecule has 1 saturated carbocycles. The van der Waals surface area contributed by atoms with Crippen LogP contribution in [0.5, 0.6) is 0 Å². The summed E-state index contributed by atoms with van der Waals surface area (Å²) < 4.78 is 0. The van der Waals surface area contributed by atoms with Gasteiger partial charge in [0.1, 0.15) is 0 Å². The molecule has 4 aromatic carbocycles. The summed E-state index contributed by atoms with van der Waals surface area (Å²) in [6, 6.07) is 22.8. The van der Waals surface area contributed by atoms with Gasteiger partial charge in [0.2, 0.25) is 0 Å². The first-order chi connectivity index (χ1) is 21.0. The van der Waals surface area contributed by atoms with E-state index in [2.05, 4.69) is 126 Å². The highest BCUT2D eigenvalue weighted by molar-refractivity contribution is 6.66. The molecule has 3 aliphatic rings. The maximum atomic E-state index is 12.2. The summed E-state index contributed by atoms with van der Waals surface area (Å²) in [6.07, 6.45) is 0.696. The van der Waals surface area contributed by atoms with Crippen LogP contribution >= 0.6 is 0 Å². The molecule has 1 aliphatic carbocycles. The molecule has 0 amide bonds. The van der Waals surface area contributed by atoms with Crippen molar-refractivity contribution < 1.29 is 10.2 Å². The summed E-state index contributed by atoms with van der Waals surface area (Å²) in [5.74, 6) is 0.284. The van der Waals surface area contributed by atoms with Gasteiger partial charge in [-0.1, -0.05) is 88.4 Å². The molecule has 0 aromatic heterocycles. The van der Waals surface area contributed by atoms with Crippen molar-refractivity contribution in [3.8, 4) is 0 Å². The number of rotatable bonds is 6. The number of aliphatic hydroxyl groups excluding tert-OH is 2. The Morgan fingerprint density at radius 2 is 0.955 bits per heavy atom. The molecular formula is C38H48B2N2O2. The molecule has 0 saturated heterocycles. The second kappa shape index (κ2) is 10.8. The predicted molar refractivity (Wildman–Crippen MR) is 190 cm³/mol. The predicted octanol–water partition coefficient (Wildman–Crippen LogP) is 8.02. The van der Waals surface area contributed by atoms with Crippen LogP contribution in [0.15, 0.2) is 60.7 Å². The highest BCUT2D eigenvalue weighted by Gasteiger charge is 2.54. The van der Waals surface area contributed by atoms with E-state index in [0.29, 0.717) is 37.4 Å². The number of hydrogen-bond acceptors (Lipinski definition) is 4. The Bertz CT molecular complexity index is 1600. The molecule has 228 valence electrons. The van der Waals surface area contributed by atoms with E-state index >= 15 is 0 Å². The summed E-state index contributed by atoms with van der Waals surface area (Å²) in [5, 5.41) is 29.5. The van der Waals surface area contributed by atoms with Gasteiger partial charge in [-0.2, -0.15) is 0 Å². The summed E-state index contributed by atoms with van der Waals surface area (Å²) in [5.41, 5.74) is 7.41. The van der Waals surface area contributed by atoms with Crippen molar-refractivity contribution in [2.45, 2.75) is 116 Å². The Morgan fingerprint density at radius 3 is 1.30 bits per heavy atom. The highest BCUT2D eigenvalue weighted by atomic mass is 16.3. The van der Waals surface area contributed by atoms with E-state index in [1.54, 1.807) is 0 Å². The van der Waals surface area contributed by atoms with Crippen molar-refractivity contribution in [1.29, 1.82) is 0 Å². The van der Waals surface area contributed by atoms with Crippen molar-refractivity contribution in [1.82, 2.24) is 0 Å². The van der Waals surface area contributed by atoms with Gasteiger partial charge in [0.05, 0.1) is 12.2 Å². The van der Waals surface area contributed by atoms with E-state index in [1.165, 1.54) is 44.0 Å². The fourth-order valence-corrected chi connectivity index (χ4v) is 9.15. The second-order valence-corrected chi connectivity index (χ2v) is 15.1. The molecule has 1 fully saturated rings. The average molecular weight is 586 g/mol. The van der Waals surface area contributed by atoms with Crippen molar-refractivity contribution >= 4 is 46.6 Å². The Morgan fingerprint density at radius 1 is 0.568 bits per heavy atom. The van der Waals surface area contributed by atoms with Crippen LogP contribution in [0.25, 0.3) is 21.5 Å². The van der Waals surface area contributed by atoms with Crippen molar-refractivity contribution in [2.24, 2.45) is 0 Å². The molecule has 2 N–H and O–H groups in total. The van der Waals surface area contributed by atoms with Gasteiger partial charge in [-0.05, 0) is 85.0 Å². The normalized spacial score (nSPS) is 23.2. The number of benzene rings is 4. The Hall–Kier alpha value is -2.95. The first-order valence-corrected chi connectivity index (χ1v) is 17.0. The standard InChI is InChI=1S/C38H48B2N2O2/c1-21(2)39-19-27-13-9-11-25-15-17-29(35(31(25)27)41(39)23(5)6)33-37(43)34(38(33)44)30-18-16-26-12-10-14-28-20-40(22(3)4)42(24(7)8)36(30)32(26)28/h9-18,21-24,33-34,37-38,43-44H,19-20H2,1-8H3. The van der Waals surface area contributed by atoms with Crippen LogP contribution < -0.4 is 9.62 Å². The summed E-state index contributed by atoms with van der Waals surface area (Å²) >= 11 is 0. The molecule has 0 radical (unpaired) electrons. The average Bonchev–Trinajstić information content (AvgIpc) is 2.98. The Labute approximate surface area is 264 Å². The molecule has 0 unspecified atom stereocenters. The molecule has 2 heterocycles. The zero-order chi connectivity index (χ0) is 31.2. The minimum atomic E-state index is -0.673. The first kappa shape index (κ1) is 29.7. The van der Waals surface area contributed by atoms with E-state index in [-0.39, 0.29) is 11.8 Å². The lowest BCUT2D eigenvalue weighted by atomic mass is 9.44. The first-order valence-electron chi connectivity index (χ1n) is 17.0. The monoisotopic (exact) mass is 586 g/mol. The topological polar surface area (TPSA) is 46.9 Å². The van der Waals surface area contributed by atoms with Gasteiger partial charge < -0.3 is 19.8 Å². The van der Waals surface area contributed by atoms with Gasteiger partial charge in [-0.15, -0.1) is 0 Å². The molecule has 7 rings (SSSR count). The molecule has 4 nitrogen and oxygen atoms in total. The number of nitrogens with zero attached hydrogens (tertiary/aromatic N) is 2. The summed E-state index contributed by atoms with van der Waals surface area (Å²) in [6.45, 7) is 19.2. The van der Waals surface area contributed by atoms with Gasteiger partial charge in [0, 0.05) is 46.1 Å². The minimum absolute atomic E-state index is 0.307. The van der Waals surface area contributed by atoms with Gasteiger partial charge >= 0.3 is 0 Å². The van der Waals surface area contributed by atoms with E-state index in [1.807, 2.05) is 0 Å². The summed E-state index contributed by atoms with van der Waals surface area (Å²) in [4.78, 5) is 5.20. The lowest BCUT2D eigenvalue weighted by Gasteiger charge is -2.52. The van der Waals surface area contributed by atoms with Crippen LogP contribution in [0.1, 0.15) is 89.5 Å². The highest BCUT2D eigenvalue weighted by Crippen LogP contribution is 2.56. The van der Waals surface area contributed by atoms with Gasteiger partial charge in [-0.3, -0.25) is 0 Å². The third-order valence-electron chi connectivity index (χ3n) is 11.2. The van der Waals surface area contributed by atoms with Gasteiger partial charge in [0.25, 0.3) is 13.7 Å². The van der Waals surface area contributed by atoms with Gasteiger partial charge in [-0.25, -0.2) is 0 Å². The maximum absolute atomic E-state index is 12.2. The van der Waals surface area contributed by atoms with Crippen LogP contribution in [0.2, 0.25) is 11.6 Å². The zero-order valence-electron chi connectivity index (χ0n) is 27.8. The molecule has 4 aromatic rings. The van der Waals surface area contributed by atoms with Crippen LogP contribution in [-0.4, -0.2) is 48.2 Å². The van der Waals surface area contributed by atoms with Gasteiger partial charge in [0.15, 0.2) is 0 Å². The fraction of sp³-hybridized carbons (Fsp3) is 0.474. The molecule has 6 heteroatoms. The lowest BCUT2D eigenvalue weighted by Crippen LogP contribution is -2.55. The maximum Gasteiger partial charge on any atom is 0.261 e.